The topological polar surface area (TPSA) is 58.5 Å². The Morgan fingerprint density at radius 3 is 2.65 bits per heavy atom. The molecule has 1 aromatic carbocycles. The van der Waals surface area contributed by atoms with E-state index in [1.807, 2.05) is 35.3 Å². The van der Waals surface area contributed by atoms with Crippen LogP contribution in [0.4, 0.5) is 0 Å². The molecule has 0 saturated heterocycles. The summed E-state index contributed by atoms with van der Waals surface area (Å²) >= 11 is 0. The molecule has 0 spiro atoms. The summed E-state index contributed by atoms with van der Waals surface area (Å²) in [6, 6.07) is 10.9. The van der Waals surface area contributed by atoms with Crippen molar-refractivity contribution in [2.24, 2.45) is 0 Å². The average molecular weight is 309 g/mol. The maximum Gasteiger partial charge on any atom is 0.0695 e. The molecule has 2 N–H and O–H groups in total. The van der Waals surface area contributed by atoms with Gasteiger partial charge in [0.25, 0.3) is 0 Å². The first kappa shape index (κ1) is 15.5. The molecule has 0 fully saturated rings. The van der Waals surface area contributed by atoms with Crippen LogP contribution < -0.4 is 5.32 Å². The maximum atomic E-state index is 4.41. The van der Waals surface area contributed by atoms with Gasteiger partial charge >= 0.3 is 0 Å². The molecule has 0 unspecified atom stereocenters. The monoisotopic (exact) mass is 309 g/mol. The highest BCUT2D eigenvalue weighted by atomic mass is 15.3. The standard InChI is InChI=1S/C18H23N5/c1-13-9-21-23(12-13)15(3)14(2)19-10-17-11-20-22-18(17)16-7-5-4-6-8-16/h4-9,11-12,14-15,19H,10H2,1-3H3,(H,20,22)/t14-,15+/m1/s1. The summed E-state index contributed by atoms with van der Waals surface area (Å²) in [7, 11) is 0. The second-order valence-corrected chi connectivity index (χ2v) is 6.04. The molecule has 0 bridgehead atoms. The minimum atomic E-state index is 0.288. The van der Waals surface area contributed by atoms with Crippen molar-refractivity contribution in [3.05, 3.63) is 60.0 Å². The van der Waals surface area contributed by atoms with Crippen LogP contribution >= 0.6 is 0 Å². The quantitative estimate of drug-likeness (QED) is 0.734. The Hall–Kier alpha value is -2.40. The van der Waals surface area contributed by atoms with E-state index in [9.17, 15) is 0 Å². The van der Waals surface area contributed by atoms with Crippen molar-refractivity contribution < 1.29 is 0 Å². The number of benzene rings is 1. The van der Waals surface area contributed by atoms with E-state index in [1.165, 1.54) is 11.1 Å². The largest absolute Gasteiger partial charge is 0.308 e. The summed E-state index contributed by atoms with van der Waals surface area (Å²) in [4.78, 5) is 0. The zero-order valence-electron chi connectivity index (χ0n) is 13.8. The lowest BCUT2D eigenvalue weighted by atomic mass is 10.1. The summed E-state index contributed by atoms with van der Waals surface area (Å²) in [5.41, 5.74) is 4.59. The van der Waals surface area contributed by atoms with Gasteiger partial charge in [-0.25, -0.2) is 0 Å². The smallest absolute Gasteiger partial charge is 0.0695 e. The molecule has 0 saturated carbocycles. The van der Waals surface area contributed by atoms with Crippen LogP contribution in [0.2, 0.25) is 0 Å². The molecular weight excluding hydrogens is 286 g/mol. The van der Waals surface area contributed by atoms with Crippen molar-refractivity contribution in [3.63, 3.8) is 0 Å². The Morgan fingerprint density at radius 2 is 1.96 bits per heavy atom. The molecule has 0 aliphatic rings. The van der Waals surface area contributed by atoms with Crippen molar-refractivity contribution >= 4 is 0 Å². The second kappa shape index (κ2) is 6.79. The van der Waals surface area contributed by atoms with E-state index in [2.05, 4.69) is 59.7 Å². The molecule has 5 heteroatoms. The molecule has 23 heavy (non-hydrogen) atoms. The normalized spacial score (nSPS) is 13.9. The minimum Gasteiger partial charge on any atom is -0.308 e. The summed E-state index contributed by atoms with van der Waals surface area (Å²) in [5.74, 6) is 0. The third kappa shape index (κ3) is 3.51. The molecule has 2 atom stereocenters. The SMILES string of the molecule is Cc1cnn([C@@H](C)[C@@H](C)NCc2cn[nH]c2-c2ccccc2)c1. The van der Waals surface area contributed by atoms with Crippen LogP contribution in [0.15, 0.2) is 48.9 Å². The molecule has 0 aliphatic heterocycles. The van der Waals surface area contributed by atoms with Crippen LogP contribution in [0.1, 0.15) is 31.0 Å². The molecule has 2 heterocycles. The van der Waals surface area contributed by atoms with Crippen molar-refractivity contribution in [3.8, 4) is 11.3 Å². The van der Waals surface area contributed by atoms with Crippen LogP contribution in [0.3, 0.4) is 0 Å². The minimum absolute atomic E-state index is 0.288. The maximum absolute atomic E-state index is 4.41. The fourth-order valence-corrected chi connectivity index (χ4v) is 2.63. The van der Waals surface area contributed by atoms with Gasteiger partial charge in [-0.1, -0.05) is 30.3 Å². The first-order chi connectivity index (χ1) is 11.1. The molecule has 120 valence electrons. The van der Waals surface area contributed by atoms with Gasteiger partial charge in [0, 0.05) is 24.3 Å². The summed E-state index contributed by atoms with van der Waals surface area (Å²) < 4.78 is 2.01. The van der Waals surface area contributed by atoms with Crippen LogP contribution in [0.5, 0.6) is 0 Å². The summed E-state index contributed by atoms with van der Waals surface area (Å²) in [5, 5.41) is 15.3. The van der Waals surface area contributed by atoms with E-state index in [0.717, 1.165) is 17.8 Å². The van der Waals surface area contributed by atoms with E-state index >= 15 is 0 Å². The van der Waals surface area contributed by atoms with E-state index in [1.54, 1.807) is 0 Å². The van der Waals surface area contributed by atoms with E-state index in [-0.39, 0.29) is 6.04 Å². The predicted octanol–water partition coefficient (Wildman–Crippen LogP) is 3.32. The number of aromatic nitrogens is 4. The molecular formula is C18H23N5. The molecule has 2 aromatic heterocycles. The van der Waals surface area contributed by atoms with Crippen LogP contribution in [-0.2, 0) is 6.54 Å². The number of hydrogen-bond acceptors (Lipinski definition) is 3. The molecule has 0 amide bonds. The lowest BCUT2D eigenvalue weighted by Gasteiger charge is -2.21. The Bertz CT molecular complexity index is 744. The highest BCUT2D eigenvalue weighted by Gasteiger charge is 2.15. The molecule has 0 radical (unpaired) electrons. The summed E-state index contributed by atoms with van der Waals surface area (Å²) in [6.07, 6.45) is 5.87. The number of nitrogens with one attached hydrogen (secondary N) is 2. The van der Waals surface area contributed by atoms with Gasteiger partial charge in [-0.15, -0.1) is 0 Å². The molecule has 3 rings (SSSR count). The number of aromatic amines is 1. The van der Waals surface area contributed by atoms with Gasteiger partial charge in [-0.2, -0.15) is 10.2 Å². The number of hydrogen-bond donors (Lipinski definition) is 2. The molecule has 5 nitrogen and oxygen atoms in total. The first-order valence-electron chi connectivity index (χ1n) is 7.97. The van der Waals surface area contributed by atoms with Gasteiger partial charge in [0.15, 0.2) is 0 Å². The second-order valence-electron chi connectivity index (χ2n) is 6.04. The van der Waals surface area contributed by atoms with E-state index in [0.29, 0.717) is 6.04 Å². The van der Waals surface area contributed by atoms with Crippen molar-refractivity contribution in [2.45, 2.75) is 39.4 Å². The number of nitrogens with zero attached hydrogens (tertiary/aromatic N) is 3. The van der Waals surface area contributed by atoms with Gasteiger partial charge in [-0.3, -0.25) is 9.78 Å². The molecule has 3 aromatic rings. The number of rotatable bonds is 6. The molecule has 0 aliphatic carbocycles. The summed E-state index contributed by atoms with van der Waals surface area (Å²) in [6.45, 7) is 7.19. The van der Waals surface area contributed by atoms with Crippen LogP contribution in [-0.4, -0.2) is 26.0 Å². The van der Waals surface area contributed by atoms with Crippen molar-refractivity contribution in [2.75, 3.05) is 0 Å². The van der Waals surface area contributed by atoms with Crippen molar-refractivity contribution in [1.29, 1.82) is 0 Å². The van der Waals surface area contributed by atoms with Gasteiger partial charge in [0.2, 0.25) is 0 Å². The zero-order valence-corrected chi connectivity index (χ0v) is 13.8. The Balaban J connectivity index is 1.66. The van der Waals surface area contributed by atoms with E-state index in [4.69, 9.17) is 0 Å². The Kier molecular flexibility index (Phi) is 4.57. The average Bonchev–Trinajstić information content (AvgIpc) is 3.21. The number of aryl methyl sites for hydroxylation is 1. The lowest BCUT2D eigenvalue weighted by molar-refractivity contribution is 0.365. The van der Waals surface area contributed by atoms with Gasteiger partial charge < -0.3 is 5.32 Å². The van der Waals surface area contributed by atoms with Crippen molar-refractivity contribution in [1.82, 2.24) is 25.3 Å². The number of H-pyrrole nitrogens is 1. The van der Waals surface area contributed by atoms with Gasteiger partial charge in [0.05, 0.1) is 24.1 Å². The zero-order chi connectivity index (χ0) is 16.2. The Morgan fingerprint density at radius 1 is 1.17 bits per heavy atom. The predicted molar refractivity (Wildman–Crippen MR) is 92.0 cm³/mol. The third-order valence-corrected chi connectivity index (χ3v) is 4.27. The van der Waals surface area contributed by atoms with Crippen LogP contribution in [0, 0.1) is 6.92 Å². The fourth-order valence-electron chi connectivity index (χ4n) is 2.63. The fraction of sp³-hybridized carbons (Fsp3) is 0.333. The highest BCUT2D eigenvalue weighted by Crippen LogP contribution is 2.21. The highest BCUT2D eigenvalue weighted by molar-refractivity contribution is 5.62. The first-order valence-corrected chi connectivity index (χ1v) is 7.97. The van der Waals surface area contributed by atoms with Crippen LogP contribution in [0.25, 0.3) is 11.3 Å². The van der Waals surface area contributed by atoms with Gasteiger partial charge in [-0.05, 0) is 31.9 Å². The third-order valence-electron chi connectivity index (χ3n) is 4.27. The van der Waals surface area contributed by atoms with E-state index < -0.39 is 0 Å². The van der Waals surface area contributed by atoms with Gasteiger partial charge in [0.1, 0.15) is 0 Å². The Labute approximate surface area is 136 Å². The lowest BCUT2D eigenvalue weighted by Crippen LogP contribution is -2.33.